The van der Waals surface area contributed by atoms with Gasteiger partial charge in [-0.05, 0) is 6.42 Å². The Hall–Kier alpha value is -1.85. The van der Waals surface area contributed by atoms with Gasteiger partial charge in [0.1, 0.15) is 0 Å². The van der Waals surface area contributed by atoms with Crippen LogP contribution in [-0.4, -0.2) is 16.5 Å². The summed E-state index contributed by atoms with van der Waals surface area (Å²) in [5.74, 6) is 0.227. The summed E-state index contributed by atoms with van der Waals surface area (Å²) in [6.45, 7) is 2.70. The van der Waals surface area contributed by atoms with E-state index in [2.05, 4.69) is 11.9 Å². The van der Waals surface area contributed by atoms with Crippen LogP contribution < -0.4 is 10.5 Å². The molecule has 17 heavy (non-hydrogen) atoms. The molecule has 1 rings (SSSR count). The molecule has 0 aliphatic carbocycles. The molecule has 0 aromatic carbocycles. The van der Waals surface area contributed by atoms with Crippen LogP contribution in [0.4, 0.5) is 11.5 Å². The molecule has 0 aliphatic rings. The molecule has 0 radical (unpaired) electrons. The third kappa shape index (κ3) is 4.26. The van der Waals surface area contributed by atoms with Crippen molar-refractivity contribution in [1.29, 1.82) is 0 Å². The van der Waals surface area contributed by atoms with E-state index in [1.165, 1.54) is 25.0 Å². The highest BCUT2D eigenvalue weighted by molar-refractivity contribution is 5.53. The number of hydrogen-bond donors (Lipinski definition) is 1. The zero-order valence-corrected chi connectivity index (χ0v) is 9.89. The van der Waals surface area contributed by atoms with Crippen molar-refractivity contribution < 1.29 is 9.66 Å². The average Bonchev–Trinajstić information content (AvgIpc) is 2.28. The van der Waals surface area contributed by atoms with Crippen LogP contribution in [0, 0.1) is 10.1 Å². The highest BCUT2D eigenvalue weighted by Crippen LogP contribution is 2.21. The highest BCUT2D eigenvalue weighted by Gasteiger charge is 2.12. The number of unbranched alkanes of at least 4 members (excludes halogenated alkanes) is 3. The van der Waals surface area contributed by atoms with Crippen LogP contribution in [0.5, 0.6) is 5.88 Å². The molecule has 2 N–H and O–H groups in total. The summed E-state index contributed by atoms with van der Waals surface area (Å²) in [5.41, 5.74) is 5.25. The topological polar surface area (TPSA) is 91.3 Å². The van der Waals surface area contributed by atoms with Gasteiger partial charge in [0.05, 0.1) is 11.5 Å². The maximum absolute atomic E-state index is 10.5. The quantitative estimate of drug-likeness (QED) is 0.448. The van der Waals surface area contributed by atoms with Crippen LogP contribution in [0.3, 0.4) is 0 Å². The van der Waals surface area contributed by atoms with Gasteiger partial charge in [-0.3, -0.25) is 10.1 Å². The normalized spacial score (nSPS) is 10.2. The van der Waals surface area contributed by atoms with E-state index >= 15 is 0 Å². The number of nitrogens with two attached hydrogens (primary N) is 1. The summed E-state index contributed by atoms with van der Waals surface area (Å²) in [6.07, 6.45) is 4.41. The van der Waals surface area contributed by atoms with Crippen molar-refractivity contribution in [2.24, 2.45) is 0 Å². The zero-order chi connectivity index (χ0) is 12.7. The Balaban J connectivity index is 2.45. The summed E-state index contributed by atoms with van der Waals surface area (Å²) in [4.78, 5) is 13.8. The van der Waals surface area contributed by atoms with Crippen LogP contribution in [0.15, 0.2) is 12.1 Å². The minimum atomic E-state index is -0.562. The lowest BCUT2D eigenvalue weighted by Gasteiger charge is -2.05. The third-order valence-corrected chi connectivity index (χ3v) is 2.32. The first-order valence-corrected chi connectivity index (χ1v) is 5.69. The summed E-state index contributed by atoms with van der Waals surface area (Å²) in [7, 11) is 0. The van der Waals surface area contributed by atoms with E-state index in [9.17, 15) is 10.1 Å². The number of pyridine rings is 1. The highest BCUT2D eigenvalue weighted by atomic mass is 16.6. The molecular weight excluding hydrogens is 222 g/mol. The van der Waals surface area contributed by atoms with Gasteiger partial charge in [0.2, 0.25) is 11.7 Å². The van der Waals surface area contributed by atoms with Gasteiger partial charge in [0.25, 0.3) is 0 Å². The average molecular weight is 239 g/mol. The molecule has 6 heteroatoms. The van der Waals surface area contributed by atoms with E-state index in [1.807, 2.05) is 0 Å². The van der Waals surface area contributed by atoms with Crippen LogP contribution in [0.1, 0.15) is 32.6 Å². The molecule has 6 nitrogen and oxygen atoms in total. The maximum atomic E-state index is 10.5. The van der Waals surface area contributed by atoms with E-state index < -0.39 is 4.92 Å². The fraction of sp³-hybridized carbons (Fsp3) is 0.545. The largest absolute Gasteiger partial charge is 0.478 e. The van der Waals surface area contributed by atoms with Crippen LogP contribution in [0.2, 0.25) is 0 Å². The minimum absolute atomic E-state index is 0.110. The summed E-state index contributed by atoms with van der Waals surface area (Å²) in [5, 5.41) is 10.5. The van der Waals surface area contributed by atoms with Crippen molar-refractivity contribution in [3.63, 3.8) is 0 Å². The van der Waals surface area contributed by atoms with Gasteiger partial charge in [-0.15, -0.1) is 0 Å². The summed E-state index contributed by atoms with van der Waals surface area (Å²) in [6, 6.07) is 2.78. The number of aromatic nitrogens is 1. The molecule has 0 bridgehead atoms. The van der Waals surface area contributed by atoms with Crippen molar-refractivity contribution in [2.45, 2.75) is 32.6 Å². The van der Waals surface area contributed by atoms with Gasteiger partial charge in [-0.2, -0.15) is 4.98 Å². The lowest BCUT2D eigenvalue weighted by Crippen LogP contribution is -2.03. The van der Waals surface area contributed by atoms with Gasteiger partial charge in [0, 0.05) is 12.1 Å². The zero-order valence-electron chi connectivity index (χ0n) is 9.89. The molecule has 1 aromatic rings. The molecule has 0 atom stereocenters. The standard InChI is InChI=1S/C11H17N3O3/c1-2-3-4-5-8-17-10-7-6-9(14(15)16)11(12)13-10/h6-7H,2-5,8H2,1H3,(H2,12,13). The molecular formula is C11H17N3O3. The number of nitrogen functional groups attached to an aromatic ring is 1. The number of ether oxygens (including phenoxy) is 1. The Bertz CT molecular complexity index is 382. The predicted octanol–water partition coefficient (Wildman–Crippen LogP) is 2.53. The fourth-order valence-corrected chi connectivity index (χ4v) is 1.39. The maximum Gasteiger partial charge on any atom is 0.311 e. The van der Waals surface area contributed by atoms with E-state index in [0.717, 1.165) is 12.8 Å². The predicted molar refractivity (Wildman–Crippen MR) is 64.9 cm³/mol. The van der Waals surface area contributed by atoms with Gasteiger partial charge in [0.15, 0.2) is 0 Å². The number of rotatable bonds is 7. The van der Waals surface area contributed by atoms with E-state index in [-0.39, 0.29) is 11.5 Å². The molecule has 1 heterocycles. The molecule has 0 unspecified atom stereocenters. The lowest BCUT2D eigenvalue weighted by atomic mass is 10.2. The van der Waals surface area contributed by atoms with Gasteiger partial charge in [-0.1, -0.05) is 26.2 Å². The molecule has 1 aromatic heterocycles. The van der Waals surface area contributed by atoms with E-state index in [4.69, 9.17) is 10.5 Å². The Labute approximate surface area is 99.9 Å². The molecule has 0 amide bonds. The van der Waals surface area contributed by atoms with Gasteiger partial charge >= 0.3 is 5.69 Å². The van der Waals surface area contributed by atoms with Crippen LogP contribution in [0.25, 0.3) is 0 Å². The Morgan fingerprint density at radius 1 is 1.41 bits per heavy atom. The lowest BCUT2D eigenvalue weighted by molar-refractivity contribution is -0.384. The molecule has 0 spiro atoms. The Kier molecular flexibility index (Phi) is 5.19. The van der Waals surface area contributed by atoms with Crippen molar-refractivity contribution >= 4 is 11.5 Å². The number of nitro groups is 1. The number of hydrogen-bond acceptors (Lipinski definition) is 5. The Morgan fingerprint density at radius 3 is 2.76 bits per heavy atom. The molecule has 0 saturated carbocycles. The molecule has 0 fully saturated rings. The number of anilines is 1. The van der Waals surface area contributed by atoms with Crippen molar-refractivity contribution in [1.82, 2.24) is 4.98 Å². The van der Waals surface area contributed by atoms with E-state index in [1.54, 1.807) is 0 Å². The van der Waals surface area contributed by atoms with Gasteiger partial charge in [-0.25, -0.2) is 0 Å². The van der Waals surface area contributed by atoms with E-state index in [0.29, 0.717) is 12.5 Å². The van der Waals surface area contributed by atoms with Crippen molar-refractivity contribution in [2.75, 3.05) is 12.3 Å². The Morgan fingerprint density at radius 2 is 2.18 bits per heavy atom. The van der Waals surface area contributed by atoms with Crippen LogP contribution >= 0.6 is 0 Å². The first-order valence-electron chi connectivity index (χ1n) is 5.69. The molecule has 0 saturated heterocycles. The minimum Gasteiger partial charge on any atom is -0.478 e. The second-order valence-electron chi connectivity index (χ2n) is 3.72. The number of nitrogens with zero attached hydrogens (tertiary/aromatic N) is 2. The van der Waals surface area contributed by atoms with Crippen molar-refractivity contribution in [3.8, 4) is 5.88 Å². The van der Waals surface area contributed by atoms with Gasteiger partial charge < -0.3 is 10.5 Å². The second kappa shape index (κ2) is 6.67. The monoisotopic (exact) mass is 239 g/mol. The second-order valence-corrected chi connectivity index (χ2v) is 3.72. The summed E-state index contributed by atoms with van der Waals surface area (Å²) < 4.78 is 5.35. The molecule has 0 aliphatic heterocycles. The molecule has 94 valence electrons. The fourth-order valence-electron chi connectivity index (χ4n) is 1.39. The third-order valence-electron chi connectivity index (χ3n) is 2.32. The first-order chi connectivity index (χ1) is 8.15. The van der Waals surface area contributed by atoms with Crippen molar-refractivity contribution in [3.05, 3.63) is 22.2 Å². The summed E-state index contributed by atoms with van der Waals surface area (Å²) >= 11 is 0. The first kappa shape index (κ1) is 13.2. The SMILES string of the molecule is CCCCCCOc1ccc([N+](=O)[O-])c(N)n1. The smallest absolute Gasteiger partial charge is 0.311 e. The van der Waals surface area contributed by atoms with Crippen LogP contribution in [-0.2, 0) is 0 Å².